The Morgan fingerprint density at radius 3 is 2.78 bits per heavy atom. The summed E-state index contributed by atoms with van der Waals surface area (Å²) in [5.41, 5.74) is 8.07. The molecule has 1 aliphatic carbocycles. The summed E-state index contributed by atoms with van der Waals surface area (Å²) >= 11 is 0. The van der Waals surface area contributed by atoms with Crippen molar-refractivity contribution >= 4 is 11.8 Å². The molecule has 1 aromatic rings. The van der Waals surface area contributed by atoms with Crippen LogP contribution in [0.2, 0.25) is 0 Å². The average molecular weight is 374 g/mol. The van der Waals surface area contributed by atoms with E-state index in [2.05, 4.69) is 10.3 Å². The molecule has 3 rings (SSSR count). The Bertz CT molecular complexity index is 715. The van der Waals surface area contributed by atoms with Gasteiger partial charge < -0.3 is 20.7 Å². The van der Waals surface area contributed by atoms with Crippen LogP contribution in [0.25, 0.3) is 0 Å². The lowest BCUT2D eigenvalue weighted by atomic mass is 9.99. The summed E-state index contributed by atoms with van der Waals surface area (Å²) in [5, 5.41) is 2.85. The topological polar surface area (TPSA) is 97.6 Å². The number of aromatic nitrogens is 1. The number of hydrogen-bond donors (Lipinski definition) is 2. The van der Waals surface area contributed by atoms with Crippen LogP contribution in [0.4, 0.5) is 0 Å². The van der Waals surface area contributed by atoms with E-state index >= 15 is 0 Å². The van der Waals surface area contributed by atoms with E-state index in [1.165, 1.54) is 12.8 Å². The van der Waals surface area contributed by atoms with E-state index in [9.17, 15) is 9.59 Å². The number of methoxy groups -OCH3 is 1. The summed E-state index contributed by atoms with van der Waals surface area (Å²) in [6.07, 6.45) is 5.31. The van der Waals surface area contributed by atoms with Gasteiger partial charge in [0.05, 0.1) is 31.0 Å². The molecular weight excluding hydrogens is 344 g/mol. The van der Waals surface area contributed by atoms with Crippen molar-refractivity contribution in [1.29, 1.82) is 0 Å². The first-order chi connectivity index (χ1) is 13.0. The van der Waals surface area contributed by atoms with E-state index in [4.69, 9.17) is 10.5 Å². The van der Waals surface area contributed by atoms with Crippen LogP contribution in [0.15, 0.2) is 6.07 Å². The maximum absolute atomic E-state index is 12.8. The first-order valence-electron chi connectivity index (χ1n) is 9.87. The Morgan fingerprint density at radius 1 is 1.44 bits per heavy atom. The molecule has 1 aliphatic heterocycles. The van der Waals surface area contributed by atoms with Crippen LogP contribution in [0.1, 0.15) is 67.6 Å². The molecule has 2 aliphatic rings. The maximum atomic E-state index is 12.8. The van der Waals surface area contributed by atoms with Gasteiger partial charge in [-0.15, -0.1) is 0 Å². The molecule has 7 heteroatoms. The molecule has 7 nitrogen and oxygen atoms in total. The van der Waals surface area contributed by atoms with E-state index in [0.717, 1.165) is 25.0 Å². The van der Waals surface area contributed by atoms with Crippen molar-refractivity contribution in [1.82, 2.24) is 15.2 Å². The third kappa shape index (κ3) is 3.93. The van der Waals surface area contributed by atoms with Crippen LogP contribution < -0.4 is 15.8 Å². The highest BCUT2D eigenvalue weighted by molar-refractivity contribution is 5.98. The monoisotopic (exact) mass is 374 g/mol. The number of nitrogens with two attached hydrogens (primary N) is 1. The standard InChI is InChI=1S/C20H30N4O3/c1-4-12(2)17(21)18(25)22-10-13-9-15-16(23-19(13)27-3)11-24(20(15)26)14-7-5-6-8-14/h9,12,14,17H,4-8,10-11,21H2,1-3H3,(H,22,25)/t12-,17+/m0/s1. The number of pyridine rings is 1. The molecule has 2 atom stereocenters. The van der Waals surface area contributed by atoms with Gasteiger partial charge in [0.1, 0.15) is 0 Å². The molecule has 0 bridgehead atoms. The number of nitrogens with zero attached hydrogens (tertiary/aromatic N) is 2. The summed E-state index contributed by atoms with van der Waals surface area (Å²) in [5.74, 6) is 0.389. The fourth-order valence-corrected chi connectivity index (χ4v) is 3.89. The number of carbonyl (C=O) groups excluding carboxylic acids is 2. The lowest BCUT2D eigenvalue weighted by Gasteiger charge is -2.22. The van der Waals surface area contributed by atoms with Gasteiger partial charge in [0.2, 0.25) is 11.8 Å². The van der Waals surface area contributed by atoms with Crippen LogP contribution >= 0.6 is 0 Å². The van der Waals surface area contributed by atoms with Crippen LogP contribution in [0.3, 0.4) is 0 Å². The molecule has 0 spiro atoms. The van der Waals surface area contributed by atoms with Gasteiger partial charge in [0.15, 0.2) is 0 Å². The van der Waals surface area contributed by atoms with Crippen LogP contribution in [-0.4, -0.2) is 40.9 Å². The number of hydrogen-bond acceptors (Lipinski definition) is 5. The Hall–Kier alpha value is -2.15. The SMILES string of the molecule is CC[C@H](C)[C@@H](N)C(=O)NCc1cc2c(nc1OC)CN(C1CCCC1)C2=O. The fourth-order valence-electron chi connectivity index (χ4n) is 3.89. The number of fused-ring (bicyclic) bond motifs is 1. The smallest absolute Gasteiger partial charge is 0.256 e. The number of carbonyl (C=O) groups is 2. The van der Waals surface area contributed by atoms with Crippen molar-refractivity contribution in [2.75, 3.05) is 7.11 Å². The first-order valence-corrected chi connectivity index (χ1v) is 9.87. The van der Waals surface area contributed by atoms with E-state index < -0.39 is 6.04 Å². The highest BCUT2D eigenvalue weighted by Gasteiger charge is 2.36. The molecule has 0 aromatic carbocycles. The second kappa shape index (κ2) is 8.25. The van der Waals surface area contributed by atoms with E-state index in [1.807, 2.05) is 24.8 Å². The largest absolute Gasteiger partial charge is 0.481 e. The average Bonchev–Trinajstić information content (AvgIpc) is 3.32. The van der Waals surface area contributed by atoms with Crippen molar-refractivity contribution in [2.45, 2.75) is 71.1 Å². The molecule has 2 amide bonds. The zero-order valence-electron chi connectivity index (χ0n) is 16.5. The van der Waals surface area contributed by atoms with Crippen molar-refractivity contribution in [2.24, 2.45) is 11.7 Å². The van der Waals surface area contributed by atoms with Crippen molar-refractivity contribution in [3.05, 3.63) is 22.9 Å². The third-order valence-corrected chi connectivity index (χ3v) is 5.92. The number of rotatable bonds is 7. The van der Waals surface area contributed by atoms with Gasteiger partial charge in [-0.05, 0) is 24.8 Å². The lowest BCUT2D eigenvalue weighted by molar-refractivity contribution is -0.123. The van der Waals surface area contributed by atoms with Crippen molar-refractivity contribution in [3.63, 3.8) is 0 Å². The summed E-state index contributed by atoms with van der Waals surface area (Å²) in [6, 6.07) is 1.57. The molecular formula is C20H30N4O3. The lowest BCUT2D eigenvalue weighted by Crippen LogP contribution is -2.44. The van der Waals surface area contributed by atoms with Crippen LogP contribution in [-0.2, 0) is 17.9 Å². The Kier molecular flexibility index (Phi) is 5.99. The first kappa shape index (κ1) is 19.6. The summed E-state index contributed by atoms with van der Waals surface area (Å²) < 4.78 is 5.40. The zero-order chi connectivity index (χ0) is 19.6. The molecule has 0 unspecified atom stereocenters. The quantitative estimate of drug-likeness (QED) is 0.760. The molecule has 0 saturated heterocycles. The van der Waals surface area contributed by atoms with Gasteiger partial charge in [0.25, 0.3) is 5.91 Å². The minimum absolute atomic E-state index is 0.0379. The Balaban J connectivity index is 1.74. The second-order valence-corrected chi connectivity index (χ2v) is 7.65. The summed E-state index contributed by atoms with van der Waals surface area (Å²) in [4.78, 5) is 31.6. The molecule has 3 N–H and O–H groups in total. The van der Waals surface area contributed by atoms with Gasteiger partial charge in [0, 0.05) is 18.2 Å². The number of ether oxygens (including phenoxy) is 1. The van der Waals surface area contributed by atoms with E-state index in [1.54, 1.807) is 7.11 Å². The van der Waals surface area contributed by atoms with Crippen molar-refractivity contribution in [3.8, 4) is 5.88 Å². The number of nitrogens with one attached hydrogen (secondary N) is 1. The van der Waals surface area contributed by atoms with Gasteiger partial charge in [-0.1, -0.05) is 33.1 Å². The number of amides is 2. The van der Waals surface area contributed by atoms with Crippen LogP contribution in [0, 0.1) is 5.92 Å². The molecule has 27 heavy (non-hydrogen) atoms. The normalized spacial score (nSPS) is 19.1. The zero-order valence-corrected chi connectivity index (χ0v) is 16.5. The highest BCUT2D eigenvalue weighted by Crippen LogP contribution is 2.33. The predicted octanol–water partition coefficient (Wildman–Crippen LogP) is 1.98. The molecule has 1 saturated carbocycles. The van der Waals surface area contributed by atoms with Gasteiger partial charge in [-0.25, -0.2) is 4.98 Å². The minimum atomic E-state index is -0.553. The second-order valence-electron chi connectivity index (χ2n) is 7.65. The van der Waals surface area contributed by atoms with Gasteiger partial charge in [-0.3, -0.25) is 9.59 Å². The van der Waals surface area contributed by atoms with E-state index in [-0.39, 0.29) is 24.3 Å². The summed E-state index contributed by atoms with van der Waals surface area (Å²) in [7, 11) is 1.55. The molecule has 0 radical (unpaired) electrons. The molecule has 2 heterocycles. The molecule has 148 valence electrons. The fraction of sp³-hybridized carbons (Fsp3) is 0.650. The Morgan fingerprint density at radius 2 is 2.15 bits per heavy atom. The van der Waals surface area contributed by atoms with Crippen molar-refractivity contribution < 1.29 is 14.3 Å². The Labute approximate surface area is 160 Å². The van der Waals surface area contributed by atoms with Gasteiger partial charge in [-0.2, -0.15) is 0 Å². The maximum Gasteiger partial charge on any atom is 0.256 e. The van der Waals surface area contributed by atoms with Gasteiger partial charge >= 0.3 is 0 Å². The van der Waals surface area contributed by atoms with Crippen LogP contribution in [0.5, 0.6) is 5.88 Å². The highest BCUT2D eigenvalue weighted by atomic mass is 16.5. The van der Waals surface area contributed by atoms with E-state index in [0.29, 0.717) is 29.6 Å². The minimum Gasteiger partial charge on any atom is -0.481 e. The molecule has 1 aromatic heterocycles. The predicted molar refractivity (Wildman–Crippen MR) is 102 cm³/mol. The summed E-state index contributed by atoms with van der Waals surface area (Å²) in [6.45, 7) is 4.74. The molecule has 1 fully saturated rings. The third-order valence-electron chi connectivity index (χ3n) is 5.92.